The van der Waals surface area contributed by atoms with E-state index in [1.54, 1.807) is 7.11 Å². The van der Waals surface area contributed by atoms with Crippen molar-refractivity contribution in [3.05, 3.63) is 40.5 Å². The number of carbonyl (C=O) groups excluding carboxylic acids is 1. The summed E-state index contributed by atoms with van der Waals surface area (Å²) in [5.41, 5.74) is 2.44. The quantitative estimate of drug-likeness (QED) is 0.515. The van der Waals surface area contributed by atoms with E-state index in [1.165, 1.54) is 24.2 Å². The Hall–Kier alpha value is -2.41. The number of hydrogen-bond donors (Lipinski definition) is 0. The molecule has 3 aromatic heterocycles. The van der Waals surface area contributed by atoms with Gasteiger partial charge in [0.25, 0.3) is 5.91 Å². The first-order chi connectivity index (χ1) is 14.1. The van der Waals surface area contributed by atoms with Gasteiger partial charge in [-0.1, -0.05) is 13.8 Å². The van der Waals surface area contributed by atoms with Crippen molar-refractivity contribution in [3.63, 3.8) is 0 Å². The van der Waals surface area contributed by atoms with Crippen LogP contribution in [0.4, 0.5) is 0 Å². The Morgan fingerprint density at radius 3 is 2.93 bits per heavy atom. The summed E-state index contributed by atoms with van der Waals surface area (Å²) >= 11 is 1.49. The second-order valence-corrected chi connectivity index (χ2v) is 8.93. The number of fused-ring (bicyclic) bond motifs is 1. The summed E-state index contributed by atoms with van der Waals surface area (Å²) in [6.45, 7) is 6.46. The Bertz CT molecular complexity index is 990. The minimum absolute atomic E-state index is 0.00161. The molecule has 1 aliphatic carbocycles. The Labute approximate surface area is 175 Å². The van der Waals surface area contributed by atoms with Crippen LogP contribution in [0.5, 0.6) is 5.75 Å². The van der Waals surface area contributed by atoms with Crippen molar-refractivity contribution in [1.82, 2.24) is 19.4 Å². The fraction of sp³-hybridized carbons (Fsp3) is 0.500. The highest BCUT2D eigenvalue weighted by molar-refractivity contribution is 7.08. The number of ether oxygens (including phenoxy) is 1. The van der Waals surface area contributed by atoms with Crippen LogP contribution in [0.2, 0.25) is 0 Å². The lowest BCUT2D eigenvalue weighted by Crippen LogP contribution is -2.33. The van der Waals surface area contributed by atoms with Crippen molar-refractivity contribution < 1.29 is 9.53 Å². The maximum atomic E-state index is 13.4. The van der Waals surface area contributed by atoms with Crippen LogP contribution in [0.15, 0.2) is 29.1 Å². The fourth-order valence-corrected chi connectivity index (χ4v) is 4.25. The molecule has 0 atom stereocenters. The van der Waals surface area contributed by atoms with E-state index in [0.29, 0.717) is 36.2 Å². The maximum Gasteiger partial charge on any atom is 0.258 e. The molecule has 1 fully saturated rings. The zero-order chi connectivity index (χ0) is 20.4. The second-order valence-electron chi connectivity index (χ2n) is 8.19. The molecule has 154 valence electrons. The van der Waals surface area contributed by atoms with Gasteiger partial charge in [-0.15, -0.1) is 11.3 Å². The number of thiophene rings is 1. The van der Waals surface area contributed by atoms with Gasteiger partial charge in [0.15, 0.2) is 5.65 Å². The molecule has 3 heterocycles. The van der Waals surface area contributed by atoms with E-state index in [0.717, 1.165) is 30.0 Å². The number of amides is 1. The Balaban J connectivity index is 1.66. The molecule has 4 rings (SSSR count). The maximum absolute atomic E-state index is 13.4. The van der Waals surface area contributed by atoms with Crippen LogP contribution in [0.3, 0.4) is 0 Å². The van der Waals surface area contributed by atoms with Crippen molar-refractivity contribution in [1.29, 1.82) is 0 Å². The van der Waals surface area contributed by atoms with E-state index >= 15 is 0 Å². The molecule has 1 aliphatic rings. The van der Waals surface area contributed by atoms with Gasteiger partial charge in [-0.25, -0.2) is 9.97 Å². The molecule has 7 heteroatoms. The van der Waals surface area contributed by atoms with Crippen molar-refractivity contribution in [2.45, 2.75) is 46.2 Å². The molecule has 0 aliphatic heterocycles. The number of pyridine rings is 1. The van der Waals surface area contributed by atoms with Crippen LogP contribution in [0, 0.1) is 11.8 Å². The monoisotopic (exact) mass is 412 g/mol. The molecule has 0 bridgehead atoms. The molecule has 0 aromatic carbocycles. The van der Waals surface area contributed by atoms with Gasteiger partial charge in [-0.05, 0) is 43.2 Å². The molecule has 0 unspecified atom stereocenters. The van der Waals surface area contributed by atoms with Crippen LogP contribution in [0.25, 0.3) is 11.2 Å². The molecule has 1 amide bonds. The third kappa shape index (κ3) is 4.45. The molecular formula is C22H28N4O2S. The predicted molar refractivity (Wildman–Crippen MR) is 115 cm³/mol. The molecule has 6 nitrogen and oxygen atoms in total. The van der Waals surface area contributed by atoms with Crippen molar-refractivity contribution in [3.8, 4) is 5.75 Å². The number of hydrogen-bond acceptors (Lipinski definition) is 5. The molecule has 3 aromatic rings. The summed E-state index contributed by atoms with van der Waals surface area (Å²) < 4.78 is 7.61. The normalized spacial score (nSPS) is 13.9. The summed E-state index contributed by atoms with van der Waals surface area (Å²) in [7, 11) is 1.61. The van der Waals surface area contributed by atoms with Crippen molar-refractivity contribution in [2.75, 3.05) is 13.7 Å². The summed E-state index contributed by atoms with van der Waals surface area (Å²) in [5.74, 6) is 2.77. The van der Waals surface area contributed by atoms with Crippen LogP contribution in [-0.4, -0.2) is 39.0 Å². The largest absolute Gasteiger partial charge is 0.495 e. The van der Waals surface area contributed by atoms with E-state index in [2.05, 4.69) is 23.4 Å². The van der Waals surface area contributed by atoms with Gasteiger partial charge in [0.1, 0.15) is 17.1 Å². The summed E-state index contributed by atoms with van der Waals surface area (Å²) in [4.78, 5) is 24.7. The van der Waals surface area contributed by atoms with Gasteiger partial charge >= 0.3 is 0 Å². The minimum Gasteiger partial charge on any atom is -0.495 e. The Morgan fingerprint density at radius 2 is 2.21 bits per heavy atom. The zero-order valence-corrected chi connectivity index (χ0v) is 18.1. The Kier molecular flexibility index (Phi) is 5.85. The van der Waals surface area contributed by atoms with Gasteiger partial charge in [-0.3, -0.25) is 4.79 Å². The van der Waals surface area contributed by atoms with Crippen LogP contribution < -0.4 is 4.74 Å². The average molecular weight is 413 g/mol. The zero-order valence-electron chi connectivity index (χ0n) is 17.3. The summed E-state index contributed by atoms with van der Waals surface area (Å²) in [6.07, 6.45) is 5.27. The lowest BCUT2D eigenvalue weighted by atomic mass is 10.1. The van der Waals surface area contributed by atoms with Gasteiger partial charge in [0.2, 0.25) is 0 Å². The summed E-state index contributed by atoms with van der Waals surface area (Å²) in [5, 5.41) is 3.75. The third-order valence-electron chi connectivity index (χ3n) is 5.39. The highest BCUT2D eigenvalue weighted by atomic mass is 32.1. The average Bonchev–Trinajstić information content (AvgIpc) is 3.29. The standard InChI is InChI=1S/C22H28N4O2S/c1-15(2)8-10-25(22(27)17-13-29-14-19(17)28-3)12-20-24-18-5-4-9-23-21(18)26(20)11-16-6-7-16/h4-5,9,13-16H,6-8,10-12H2,1-3H3. The van der Waals surface area contributed by atoms with E-state index in [1.807, 2.05) is 34.0 Å². The van der Waals surface area contributed by atoms with Gasteiger partial charge < -0.3 is 14.2 Å². The van der Waals surface area contributed by atoms with Crippen molar-refractivity contribution >= 4 is 28.4 Å². The fourth-order valence-electron chi connectivity index (χ4n) is 3.48. The van der Waals surface area contributed by atoms with Gasteiger partial charge in [0, 0.05) is 30.0 Å². The topological polar surface area (TPSA) is 60.2 Å². The van der Waals surface area contributed by atoms with E-state index < -0.39 is 0 Å². The first-order valence-corrected chi connectivity index (χ1v) is 11.2. The Morgan fingerprint density at radius 1 is 1.38 bits per heavy atom. The van der Waals surface area contributed by atoms with Gasteiger partial charge in [-0.2, -0.15) is 0 Å². The van der Waals surface area contributed by atoms with Crippen LogP contribution >= 0.6 is 11.3 Å². The van der Waals surface area contributed by atoms with E-state index in [-0.39, 0.29) is 5.91 Å². The third-order valence-corrected chi connectivity index (χ3v) is 6.12. The molecular weight excluding hydrogens is 384 g/mol. The van der Waals surface area contributed by atoms with Gasteiger partial charge in [0.05, 0.1) is 19.2 Å². The molecule has 1 saturated carbocycles. The first-order valence-electron chi connectivity index (χ1n) is 10.3. The van der Waals surface area contributed by atoms with Crippen LogP contribution in [0.1, 0.15) is 49.3 Å². The number of methoxy groups -OCH3 is 1. The number of carbonyl (C=O) groups is 1. The molecule has 0 saturated heterocycles. The molecule has 0 radical (unpaired) electrons. The van der Waals surface area contributed by atoms with Crippen LogP contribution in [-0.2, 0) is 13.1 Å². The smallest absolute Gasteiger partial charge is 0.258 e. The lowest BCUT2D eigenvalue weighted by molar-refractivity contribution is 0.0726. The predicted octanol–water partition coefficient (Wildman–Crippen LogP) is 4.60. The second kappa shape index (κ2) is 8.53. The number of imidazole rings is 1. The number of aromatic nitrogens is 3. The number of nitrogens with zero attached hydrogens (tertiary/aromatic N) is 4. The van der Waals surface area contributed by atoms with Crippen molar-refractivity contribution in [2.24, 2.45) is 11.8 Å². The molecule has 29 heavy (non-hydrogen) atoms. The summed E-state index contributed by atoms with van der Waals surface area (Å²) in [6, 6.07) is 3.91. The SMILES string of the molecule is COc1cscc1C(=O)N(CCC(C)C)Cc1nc2cccnc2n1CC1CC1. The highest BCUT2D eigenvalue weighted by Gasteiger charge is 2.27. The first kappa shape index (κ1) is 19.9. The van der Waals surface area contributed by atoms with E-state index in [9.17, 15) is 4.79 Å². The van der Waals surface area contributed by atoms with E-state index in [4.69, 9.17) is 9.72 Å². The number of rotatable bonds is 9. The highest BCUT2D eigenvalue weighted by Crippen LogP contribution is 2.32. The molecule has 0 spiro atoms. The molecule has 0 N–H and O–H groups in total. The minimum atomic E-state index is 0.00161. The lowest BCUT2D eigenvalue weighted by Gasteiger charge is -2.24.